The summed E-state index contributed by atoms with van der Waals surface area (Å²) in [6.45, 7) is 0.397. The van der Waals surface area contributed by atoms with Gasteiger partial charge in [-0.3, -0.25) is 53.2 Å². The van der Waals surface area contributed by atoms with Gasteiger partial charge in [-0.05, 0) is 99.6 Å². The monoisotopic (exact) mass is 1320 g/mol. The summed E-state index contributed by atoms with van der Waals surface area (Å²) in [5.74, 6) is -3.05. The number of carbonyl (C=O) groups is 10. The van der Waals surface area contributed by atoms with Crippen molar-refractivity contribution in [2.75, 3.05) is 32.7 Å². The SMILES string of the molecule is N=C(N)NCCCC1NC(=O)C(CCCCNC(=O)CCc2cn(CCCCC(NC(=O)OC3Cc4ccccc4C#Cc4ccccc43)C(=O)NCCCCNC(=O)c3cc(O)c(O)c(O)c3)nn2)NC(=O)C(Cc2ccccc2)NC(=O)C(CC(=O)O)NC(=O)CNC1=O. The number of nitrogens with zero attached hydrogens (tertiary/aromatic N) is 3. The van der Waals surface area contributed by atoms with E-state index < -0.39 is 120 Å². The average molecular weight is 1320 g/mol. The second-order valence-corrected chi connectivity index (χ2v) is 23.0. The van der Waals surface area contributed by atoms with Crippen molar-refractivity contribution in [2.45, 2.75) is 139 Å². The fourth-order valence-corrected chi connectivity index (χ4v) is 10.5. The molecule has 2 aliphatic rings. The van der Waals surface area contributed by atoms with E-state index in [1.165, 1.54) is 0 Å². The van der Waals surface area contributed by atoms with Crippen molar-refractivity contribution in [2.24, 2.45) is 5.73 Å². The number of guanidine groups is 1. The summed E-state index contributed by atoms with van der Waals surface area (Å²) in [6, 6.07) is 19.0. The summed E-state index contributed by atoms with van der Waals surface area (Å²) in [5, 5.41) is 81.1. The number of hydrogen-bond acceptors (Lipinski definition) is 17. The fourth-order valence-electron chi connectivity index (χ4n) is 10.5. The molecule has 1 aromatic heterocycles. The number of amides is 9. The second kappa shape index (κ2) is 36.9. The highest BCUT2D eigenvalue weighted by Gasteiger charge is 2.34. The van der Waals surface area contributed by atoms with Gasteiger partial charge < -0.3 is 84.1 Å². The predicted molar refractivity (Wildman–Crippen MR) is 346 cm³/mol. The number of phenols is 3. The Labute approximate surface area is 552 Å². The molecule has 9 amide bonds. The van der Waals surface area contributed by atoms with Crippen LogP contribution in [0.5, 0.6) is 17.2 Å². The topological polar surface area (TPSA) is 462 Å². The van der Waals surface area contributed by atoms with E-state index in [2.05, 4.69) is 75.3 Å². The first-order valence-corrected chi connectivity index (χ1v) is 31.6. The predicted octanol–water partition coefficient (Wildman–Crippen LogP) is 0.952. The largest absolute Gasteiger partial charge is 0.504 e. The molecule has 0 bridgehead atoms. The molecular formula is C66H81N15O15. The Morgan fingerprint density at radius 1 is 0.688 bits per heavy atom. The Bertz CT molecular complexity index is 3630. The smallest absolute Gasteiger partial charge is 0.408 e. The number of carboxylic acids is 1. The number of fused-ring (bicyclic) bond motifs is 2. The zero-order valence-corrected chi connectivity index (χ0v) is 52.7. The highest BCUT2D eigenvalue weighted by molar-refractivity contribution is 5.98. The van der Waals surface area contributed by atoms with Crippen molar-refractivity contribution in [3.63, 3.8) is 0 Å². The van der Waals surface area contributed by atoms with E-state index >= 15 is 0 Å². The number of carboxylic acid groups (broad SMARTS) is 1. The minimum absolute atomic E-state index is 0.000814. The van der Waals surface area contributed by atoms with Crippen molar-refractivity contribution >= 4 is 65.3 Å². The normalized spacial score (nSPS) is 17.5. The number of aliphatic carboxylic acids is 1. The van der Waals surface area contributed by atoms with Crippen molar-refractivity contribution in [1.82, 2.24) is 68.2 Å². The first kappa shape index (κ1) is 72.2. The number of ether oxygens (including phenoxy) is 1. The van der Waals surface area contributed by atoms with Gasteiger partial charge >= 0.3 is 12.1 Å². The molecule has 0 spiro atoms. The number of nitrogens with one attached hydrogen (secondary N) is 11. The molecule has 17 N–H and O–H groups in total. The van der Waals surface area contributed by atoms with E-state index in [-0.39, 0.29) is 95.0 Å². The van der Waals surface area contributed by atoms with Crippen molar-refractivity contribution in [3.8, 4) is 29.1 Å². The van der Waals surface area contributed by atoms with Gasteiger partial charge in [-0.1, -0.05) is 83.8 Å². The maximum Gasteiger partial charge on any atom is 0.408 e. The summed E-state index contributed by atoms with van der Waals surface area (Å²) in [5.41, 5.74) is 9.60. The van der Waals surface area contributed by atoms with Crippen LogP contribution in [0.4, 0.5) is 4.79 Å². The molecule has 4 aromatic carbocycles. The van der Waals surface area contributed by atoms with Gasteiger partial charge in [0, 0.05) is 86.9 Å². The van der Waals surface area contributed by atoms with Gasteiger partial charge in [0.25, 0.3) is 5.91 Å². The highest BCUT2D eigenvalue weighted by atomic mass is 16.6. The molecule has 1 aliphatic heterocycles. The second-order valence-electron chi connectivity index (χ2n) is 23.0. The lowest BCUT2D eigenvalue weighted by Gasteiger charge is -2.26. The molecular weight excluding hydrogens is 1240 g/mol. The molecule has 5 aromatic rings. The summed E-state index contributed by atoms with van der Waals surface area (Å²) in [4.78, 5) is 134. The quantitative estimate of drug-likeness (QED) is 0.0100. The summed E-state index contributed by atoms with van der Waals surface area (Å²) in [6.07, 6.45) is 2.68. The molecule has 6 atom stereocenters. The molecule has 0 radical (unpaired) electrons. The van der Waals surface area contributed by atoms with E-state index in [4.69, 9.17) is 15.9 Å². The lowest BCUT2D eigenvalue weighted by atomic mass is 9.92. The number of alkyl carbamates (subject to hydrolysis) is 1. The number of aromatic nitrogens is 3. The van der Waals surface area contributed by atoms with Crippen LogP contribution >= 0.6 is 0 Å². The molecule has 1 aliphatic carbocycles. The maximum atomic E-state index is 14.2. The molecule has 0 saturated carbocycles. The van der Waals surface area contributed by atoms with Crippen LogP contribution in [0.2, 0.25) is 0 Å². The summed E-state index contributed by atoms with van der Waals surface area (Å²) in [7, 11) is 0. The number of phenolic OH excluding ortho intramolecular Hbond substituents is 3. The van der Waals surface area contributed by atoms with E-state index in [0.717, 1.165) is 23.3 Å². The lowest BCUT2D eigenvalue weighted by Crippen LogP contribution is -2.58. The Kier molecular flexibility index (Phi) is 27.7. The van der Waals surface area contributed by atoms with Gasteiger partial charge in [-0.2, -0.15) is 0 Å². The van der Waals surface area contributed by atoms with Crippen molar-refractivity contribution in [3.05, 3.63) is 136 Å². The number of aryl methyl sites for hydroxylation is 2. The number of benzene rings is 4. The standard InChI is InChI=1S/C66H81N15O15/c67-65(68)72-31-14-23-47-61(91)73-38-56(85)74-51(37-57(86)87)64(94)77-50(33-40-15-2-1-3-16-40)63(93)76-49(62(92)75-47)21-8-10-28-69-55(84)27-26-45-39-81(80-79-45)32-13-9-22-48(60(90)71-30-12-11-29-70-59(89)44-34-52(82)58(88)53(83)35-44)78-66(95)96-54-36-43-19-5-4-17-41(43)24-25-42-18-6-7-20-46(42)54/h1-7,15-20,34-35,39,47-51,54,82-83,88H,8-14,21-23,26-33,36-38H2,(H,69,84)(H,70,89)(H,71,90)(H,73,91)(H,74,85)(H,75,92)(H,76,93)(H,77,94)(H,78,95)(H,86,87)(H4,67,68,72). The van der Waals surface area contributed by atoms with E-state index in [0.29, 0.717) is 67.5 Å². The summed E-state index contributed by atoms with van der Waals surface area (Å²) >= 11 is 0. The Hall–Kier alpha value is -11.3. The van der Waals surface area contributed by atoms with Crippen LogP contribution in [0.15, 0.2) is 97.2 Å². The first-order valence-electron chi connectivity index (χ1n) is 31.6. The number of hydrogen-bond donors (Lipinski definition) is 16. The third-order valence-electron chi connectivity index (χ3n) is 15.6. The molecule has 30 heteroatoms. The molecule has 30 nitrogen and oxygen atoms in total. The molecule has 7 rings (SSSR count). The van der Waals surface area contributed by atoms with Gasteiger partial charge in [0.05, 0.1) is 18.7 Å². The van der Waals surface area contributed by atoms with Crippen LogP contribution in [0.3, 0.4) is 0 Å². The van der Waals surface area contributed by atoms with Crippen LogP contribution in [-0.4, -0.2) is 164 Å². The van der Waals surface area contributed by atoms with E-state index in [9.17, 15) is 68.4 Å². The van der Waals surface area contributed by atoms with Crippen LogP contribution < -0.4 is 58.9 Å². The third kappa shape index (κ3) is 23.4. The maximum absolute atomic E-state index is 14.2. The Morgan fingerprint density at radius 2 is 1.30 bits per heavy atom. The highest BCUT2D eigenvalue weighted by Crippen LogP contribution is 2.35. The minimum Gasteiger partial charge on any atom is -0.504 e. The third-order valence-corrected chi connectivity index (χ3v) is 15.6. The Balaban J connectivity index is 0.908. The van der Waals surface area contributed by atoms with Gasteiger partial charge in [-0.25, -0.2) is 4.79 Å². The number of nitrogens with two attached hydrogens (primary N) is 1. The van der Waals surface area contributed by atoms with Gasteiger partial charge in [0.1, 0.15) is 36.3 Å². The zero-order chi connectivity index (χ0) is 68.9. The molecule has 2 heterocycles. The number of carbonyl (C=O) groups excluding carboxylic acids is 9. The molecule has 96 heavy (non-hydrogen) atoms. The summed E-state index contributed by atoms with van der Waals surface area (Å²) < 4.78 is 7.69. The van der Waals surface area contributed by atoms with E-state index in [1.54, 1.807) is 41.2 Å². The van der Waals surface area contributed by atoms with E-state index in [1.807, 2.05) is 48.5 Å². The lowest BCUT2D eigenvalue weighted by molar-refractivity contribution is -0.141. The van der Waals surface area contributed by atoms with Crippen LogP contribution in [0.1, 0.15) is 127 Å². The van der Waals surface area contributed by atoms with Crippen LogP contribution in [0.25, 0.3) is 0 Å². The Morgan fingerprint density at radius 3 is 2.04 bits per heavy atom. The fraction of sp³-hybridized carbons (Fsp3) is 0.409. The van der Waals surface area contributed by atoms with Gasteiger partial charge in [0.15, 0.2) is 23.2 Å². The first-order chi connectivity index (χ1) is 46.2. The molecule has 1 saturated heterocycles. The number of unbranched alkanes of at least 4 members (excludes halogenated alkanes) is 3. The number of rotatable bonds is 30. The molecule has 1 fully saturated rings. The number of aromatic hydroxyl groups is 3. The van der Waals surface area contributed by atoms with Gasteiger partial charge in [0.2, 0.25) is 41.4 Å². The minimum atomic E-state index is -1.65. The molecule has 6 unspecified atom stereocenters. The zero-order valence-electron chi connectivity index (χ0n) is 52.7. The van der Waals surface area contributed by atoms with Crippen molar-refractivity contribution < 1.29 is 73.1 Å². The van der Waals surface area contributed by atoms with Crippen LogP contribution in [-0.2, 0) is 68.9 Å². The molecule has 510 valence electrons. The average Bonchev–Trinajstić information content (AvgIpc) is 0.919. The van der Waals surface area contributed by atoms with Gasteiger partial charge in [-0.15, -0.1) is 5.10 Å². The van der Waals surface area contributed by atoms with Crippen molar-refractivity contribution in [1.29, 1.82) is 5.41 Å². The van der Waals surface area contributed by atoms with Crippen LogP contribution in [0, 0.1) is 17.3 Å².